The number of fused-ring (bicyclic) bond motifs is 1. The van der Waals surface area contributed by atoms with Gasteiger partial charge in [0.25, 0.3) is 0 Å². The molecule has 20 heavy (non-hydrogen) atoms. The lowest BCUT2D eigenvalue weighted by Gasteiger charge is -2.25. The first-order valence-electron chi connectivity index (χ1n) is 6.79. The van der Waals surface area contributed by atoms with Crippen LogP contribution in [0.25, 0.3) is 0 Å². The number of carboxylic acid groups (broad SMARTS) is 1. The van der Waals surface area contributed by atoms with E-state index in [1.807, 2.05) is 31.2 Å². The van der Waals surface area contributed by atoms with Crippen LogP contribution in [0.1, 0.15) is 25.3 Å². The average molecular weight is 277 g/mol. The Morgan fingerprint density at radius 1 is 1.45 bits per heavy atom. The summed E-state index contributed by atoms with van der Waals surface area (Å²) < 4.78 is 5.58. The number of carbonyl (C=O) groups excluding carboxylic acids is 1. The van der Waals surface area contributed by atoms with Crippen LogP contribution in [0.15, 0.2) is 24.3 Å². The highest BCUT2D eigenvalue weighted by molar-refractivity contribution is 5.80. The van der Waals surface area contributed by atoms with Crippen molar-refractivity contribution in [3.63, 3.8) is 0 Å². The van der Waals surface area contributed by atoms with Gasteiger partial charge in [-0.2, -0.15) is 0 Å². The minimum atomic E-state index is -0.846. The number of amides is 1. The van der Waals surface area contributed by atoms with Gasteiger partial charge in [0.15, 0.2) is 0 Å². The Morgan fingerprint density at radius 2 is 2.20 bits per heavy atom. The van der Waals surface area contributed by atoms with E-state index in [0.29, 0.717) is 19.4 Å². The molecule has 2 rings (SSSR count). The van der Waals surface area contributed by atoms with Crippen molar-refractivity contribution < 1.29 is 19.4 Å². The first-order valence-corrected chi connectivity index (χ1v) is 6.79. The molecule has 0 aliphatic carbocycles. The number of rotatable bonds is 5. The van der Waals surface area contributed by atoms with Crippen LogP contribution in [-0.4, -0.2) is 29.6 Å². The van der Waals surface area contributed by atoms with E-state index in [4.69, 9.17) is 9.84 Å². The molecule has 2 N–H and O–H groups in total. The Kier molecular flexibility index (Phi) is 4.61. The molecule has 0 radical (unpaired) electrons. The first-order chi connectivity index (χ1) is 9.56. The molecule has 1 aliphatic rings. The summed E-state index contributed by atoms with van der Waals surface area (Å²) in [6.45, 7) is 2.19. The Bertz CT molecular complexity index is 500. The fourth-order valence-corrected chi connectivity index (χ4v) is 2.27. The van der Waals surface area contributed by atoms with E-state index in [9.17, 15) is 9.59 Å². The Morgan fingerprint density at radius 3 is 2.95 bits per heavy atom. The van der Waals surface area contributed by atoms with Gasteiger partial charge in [-0.05, 0) is 31.4 Å². The second kappa shape index (κ2) is 6.41. The molecule has 0 fully saturated rings. The maximum atomic E-state index is 12.1. The average Bonchev–Trinajstić information content (AvgIpc) is 2.44. The van der Waals surface area contributed by atoms with Gasteiger partial charge >= 0.3 is 5.97 Å². The van der Waals surface area contributed by atoms with Crippen molar-refractivity contribution in [2.45, 2.75) is 32.2 Å². The van der Waals surface area contributed by atoms with Crippen LogP contribution in [-0.2, 0) is 16.0 Å². The smallest absolute Gasteiger partial charge is 0.303 e. The quantitative estimate of drug-likeness (QED) is 0.857. The normalized spacial score (nSPS) is 18.6. The van der Waals surface area contributed by atoms with Crippen molar-refractivity contribution in [1.82, 2.24) is 5.32 Å². The van der Waals surface area contributed by atoms with Gasteiger partial charge in [0.1, 0.15) is 12.4 Å². The summed E-state index contributed by atoms with van der Waals surface area (Å²) in [5.74, 6) is -0.286. The summed E-state index contributed by atoms with van der Waals surface area (Å²) in [6, 6.07) is 7.56. The maximum absolute atomic E-state index is 12.1. The number of aliphatic carboxylic acids is 1. The fraction of sp³-hybridized carbons (Fsp3) is 0.467. The SMILES string of the molecule is CC(CCC(=O)O)NC(=O)C1COc2ccccc2C1. The molecular formula is C15H19NO4. The molecule has 0 saturated carbocycles. The molecule has 1 amide bonds. The third-order valence-electron chi connectivity index (χ3n) is 3.43. The van der Waals surface area contributed by atoms with Crippen molar-refractivity contribution in [2.75, 3.05) is 6.61 Å². The maximum Gasteiger partial charge on any atom is 0.303 e. The molecule has 0 spiro atoms. The van der Waals surface area contributed by atoms with Gasteiger partial charge in [0, 0.05) is 12.5 Å². The predicted molar refractivity (Wildman–Crippen MR) is 73.6 cm³/mol. The van der Waals surface area contributed by atoms with Crippen LogP contribution in [0.3, 0.4) is 0 Å². The molecular weight excluding hydrogens is 258 g/mol. The van der Waals surface area contributed by atoms with E-state index >= 15 is 0 Å². The van der Waals surface area contributed by atoms with Crippen molar-refractivity contribution in [1.29, 1.82) is 0 Å². The highest BCUT2D eigenvalue weighted by atomic mass is 16.5. The Balaban J connectivity index is 1.87. The molecule has 1 aromatic rings. The van der Waals surface area contributed by atoms with Crippen molar-refractivity contribution in [3.05, 3.63) is 29.8 Å². The molecule has 0 aromatic heterocycles. The molecule has 5 nitrogen and oxygen atoms in total. The highest BCUT2D eigenvalue weighted by Crippen LogP contribution is 2.26. The summed E-state index contributed by atoms with van der Waals surface area (Å²) in [5, 5.41) is 11.5. The van der Waals surface area contributed by atoms with Crippen LogP contribution in [0.5, 0.6) is 5.75 Å². The largest absolute Gasteiger partial charge is 0.492 e. The fourth-order valence-electron chi connectivity index (χ4n) is 2.27. The standard InChI is InChI=1S/C15H19NO4/c1-10(6-7-14(17)18)16-15(19)12-8-11-4-2-3-5-13(11)20-9-12/h2-5,10,12H,6-9H2,1H3,(H,16,19)(H,17,18). The van der Waals surface area contributed by atoms with Gasteiger partial charge in [-0.25, -0.2) is 0 Å². The van der Waals surface area contributed by atoms with Crippen LogP contribution in [0, 0.1) is 5.92 Å². The minimum absolute atomic E-state index is 0.0610. The lowest BCUT2D eigenvalue weighted by molar-refractivity contribution is -0.137. The lowest BCUT2D eigenvalue weighted by Crippen LogP contribution is -2.41. The molecule has 1 aliphatic heterocycles. The van der Waals surface area contributed by atoms with Crippen molar-refractivity contribution >= 4 is 11.9 Å². The number of hydrogen-bond acceptors (Lipinski definition) is 3. The summed E-state index contributed by atoms with van der Waals surface area (Å²) in [5.41, 5.74) is 1.04. The molecule has 2 atom stereocenters. The second-order valence-electron chi connectivity index (χ2n) is 5.16. The zero-order valence-corrected chi connectivity index (χ0v) is 11.5. The number of hydrogen-bond donors (Lipinski definition) is 2. The highest BCUT2D eigenvalue weighted by Gasteiger charge is 2.26. The number of carbonyl (C=O) groups is 2. The van der Waals surface area contributed by atoms with Crippen LogP contribution < -0.4 is 10.1 Å². The molecule has 0 saturated heterocycles. The topological polar surface area (TPSA) is 75.6 Å². The van der Waals surface area contributed by atoms with E-state index in [1.165, 1.54) is 0 Å². The zero-order chi connectivity index (χ0) is 14.5. The lowest BCUT2D eigenvalue weighted by atomic mass is 9.95. The van der Waals surface area contributed by atoms with Gasteiger partial charge in [-0.15, -0.1) is 0 Å². The number of benzene rings is 1. The van der Waals surface area contributed by atoms with Crippen LogP contribution >= 0.6 is 0 Å². The van der Waals surface area contributed by atoms with Gasteiger partial charge in [-0.3, -0.25) is 9.59 Å². The zero-order valence-electron chi connectivity index (χ0n) is 11.5. The summed E-state index contributed by atoms with van der Waals surface area (Å²) in [6.07, 6.45) is 1.16. The van der Waals surface area contributed by atoms with Gasteiger partial charge in [0.05, 0.1) is 5.92 Å². The monoisotopic (exact) mass is 277 g/mol. The third-order valence-corrected chi connectivity index (χ3v) is 3.43. The minimum Gasteiger partial charge on any atom is -0.492 e. The Labute approximate surface area is 117 Å². The van der Waals surface area contributed by atoms with Gasteiger partial charge in [-0.1, -0.05) is 18.2 Å². The van der Waals surface area contributed by atoms with E-state index in [1.54, 1.807) is 0 Å². The molecule has 5 heteroatoms. The van der Waals surface area contributed by atoms with Crippen LogP contribution in [0.2, 0.25) is 0 Å². The van der Waals surface area contributed by atoms with E-state index in [-0.39, 0.29) is 24.3 Å². The van der Waals surface area contributed by atoms with Crippen molar-refractivity contribution in [2.24, 2.45) is 5.92 Å². The number of ether oxygens (including phenoxy) is 1. The summed E-state index contributed by atoms with van der Waals surface area (Å²) in [7, 11) is 0. The first kappa shape index (κ1) is 14.4. The molecule has 1 heterocycles. The molecule has 0 bridgehead atoms. The second-order valence-corrected chi connectivity index (χ2v) is 5.16. The third kappa shape index (κ3) is 3.73. The van der Waals surface area contributed by atoms with E-state index in [0.717, 1.165) is 11.3 Å². The van der Waals surface area contributed by atoms with Crippen LogP contribution in [0.4, 0.5) is 0 Å². The van der Waals surface area contributed by atoms with Crippen molar-refractivity contribution in [3.8, 4) is 5.75 Å². The molecule has 1 aromatic carbocycles. The number of carboxylic acids is 1. The summed E-state index contributed by atoms with van der Waals surface area (Å²) >= 11 is 0. The Hall–Kier alpha value is -2.04. The summed E-state index contributed by atoms with van der Waals surface area (Å²) in [4.78, 5) is 22.6. The van der Waals surface area contributed by atoms with Gasteiger partial charge in [0.2, 0.25) is 5.91 Å². The van der Waals surface area contributed by atoms with E-state index in [2.05, 4.69) is 5.32 Å². The van der Waals surface area contributed by atoms with Gasteiger partial charge < -0.3 is 15.2 Å². The number of para-hydroxylation sites is 1. The number of nitrogens with one attached hydrogen (secondary N) is 1. The predicted octanol–water partition coefficient (Wildman–Crippen LogP) is 1.61. The molecule has 2 unspecified atom stereocenters. The van der Waals surface area contributed by atoms with E-state index < -0.39 is 5.97 Å². The molecule has 108 valence electrons.